The molecule has 4 heterocycles. The topological polar surface area (TPSA) is 77.1 Å². The third kappa shape index (κ3) is 2.37. The summed E-state index contributed by atoms with van der Waals surface area (Å²) in [5.41, 5.74) is -0.547. The highest BCUT2D eigenvalue weighted by atomic mass is 16.2. The quantitative estimate of drug-likeness (QED) is 0.828. The standard InChI is InChI=1S/C16H22N6O2/c1-19-13(9-14(23)20(2)16(19)24)22-6-3-11(10-22)18-12-4-7-21-8-5-17-15(12)21/h5,8-9,11-12,18H,3-4,6-7,10H2,1-2H3/t11-,12?/m0/s1. The van der Waals surface area contributed by atoms with Gasteiger partial charge in [0.15, 0.2) is 0 Å². The molecule has 24 heavy (non-hydrogen) atoms. The van der Waals surface area contributed by atoms with Crippen LogP contribution >= 0.6 is 0 Å². The van der Waals surface area contributed by atoms with E-state index in [4.69, 9.17) is 0 Å². The molecule has 0 aliphatic carbocycles. The molecule has 2 aromatic rings. The minimum Gasteiger partial charge on any atom is -0.356 e. The molecule has 2 atom stereocenters. The number of imidazole rings is 1. The smallest absolute Gasteiger partial charge is 0.332 e. The van der Waals surface area contributed by atoms with E-state index >= 15 is 0 Å². The first-order chi connectivity index (χ1) is 11.5. The summed E-state index contributed by atoms with van der Waals surface area (Å²) in [5, 5.41) is 3.68. The van der Waals surface area contributed by atoms with E-state index in [0.717, 1.165) is 42.9 Å². The van der Waals surface area contributed by atoms with Gasteiger partial charge in [0.05, 0.1) is 6.04 Å². The van der Waals surface area contributed by atoms with Gasteiger partial charge in [-0.15, -0.1) is 0 Å². The van der Waals surface area contributed by atoms with Crippen molar-refractivity contribution in [3.8, 4) is 0 Å². The Morgan fingerprint density at radius 2 is 2.00 bits per heavy atom. The van der Waals surface area contributed by atoms with Gasteiger partial charge in [-0.1, -0.05) is 0 Å². The summed E-state index contributed by atoms with van der Waals surface area (Å²) in [6.07, 6.45) is 5.91. The van der Waals surface area contributed by atoms with Gasteiger partial charge in [-0.25, -0.2) is 9.78 Å². The van der Waals surface area contributed by atoms with Crippen LogP contribution in [0.4, 0.5) is 5.82 Å². The Morgan fingerprint density at radius 1 is 1.17 bits per heavy atom. The van der Waals surface area contributed by atoms with Crippen LogP contribution < -0.4 is 21.5 Å². The normalized spacial score (nSPS) is 23.0. The second kappa shape index (κ2) is 5.62. The maximum Gasteiger partial charge on any atom is 0.332 e. The number of aryl methyl sites for hydroxylation is 1. The Morgan fingerprint density at radius 3 is 2.83 bits per heavy atom. The zero-order chi connectivity index (χ0) is 16.8. The lowest BCUT2D eigenvalue weighted by Crippen LogP contribution is -2.41. The zero-order valence-electron chi connectivity index (χ0n) is 14.0. The highest BCUT2D eigenvalue weighted by Gasteiger charge is 2.30. The number of aromatic nitrogens is 4. The van der Waals surface area contributed by atoms with Crippen LogP contribution in [0.1, 0.15) is 24.7 Å². The van der Waals surface area contributed by atoms with E-state index in [-0.39, 0.29) is 17.3 Å². The number of nitrogens with one attached hydrogen (secondary N) is 1. The van der Waals surface area contributed by atoms with Crippen LogP contribution in [0.25, 0.3) is 0 Å². The fourth-order valence-electron chi connectivity index (χ4n) is 3.79. The summed E-state index contributed by atoms with van der Waals surface area (Å²) < 4.78 is 4.87. The third-order valence-electron chi connectivity index (χ3n) is 5.17. The van der Waals surface area contributed by atoms with E-state index in [2.05, 4.69) is 19.8 Å². The fraction of sp³-hybridized carbons (Fsp3) is 0.562. The van der Waals surface area contributed by atoms with Crippen LogP contribution in [0.15, 0.2) is 28.0 Å². The maximum atomic E-state index is 12.1. The van der Waals surface area contributed by atoms with Gasteiger partial charge in [0.25, 0.3) is 5.56 Å². The van der Waals surface area contributed by atoms with Crippen LogP contribution in [-0.4, -0.2) is 37.8 Å². The molecule has 0 saturated carbocycles. The molecule has 2 aliphatic rings. The summed E-state index contributed by atoms with van der Waals surface area (Å²) in [5.74, 6) is 1.80. The van der Waals surface area contributed by atoms with Crippen LogP contribution in [0, 0.1) is 0 Å². The molecule has 1 N–H and O–H groups in total. The first-order valence-corrected chi connectivity index (χ1v) is 8.33. The van der Waals surface area contributed by atoms with Crippen molar-refractivity contribution in [3.05, 3.63) is 45.1 Å². The van der Waals surface area contributed by atoms with Crippen molar-refractivity contribution in [2.75, 3.05) is 18.0 Å². The van der Waals surface area contributed by atoms with Gasteiger partial charge in [0.1, 0.15) is 11.6 Å². The van der Waals surface area contributed by atoms with Crippen molar-refractivity contribution in [3.63, 3.8) is 0 Å². The lowest BCUT2D eigenvalue weighted by atomic mass is 10.2. The number of anilines is 1. The van der Waals surface area contributed by atoms with Crippen molar-refractivity contribution < 1.29 is 0 Å². The molecule has 8 heteroatoms. The molecule has 1 saturated heterocycles. The van der Waals surface area contributed by atoms with E-state index in [0.29, 0.717) is 11.9 Å². The summed E-state index contributed by atoms with van der Waals surface area (Å²) in [6, 6.07) is 2.17. The molecular weight excluding hydrogens is 308 g/mol. The Balaban J connectivity index is 1.50. The summed E-state index contributed by atoms with van der Waals surface area (Å²) in [7, 11) is 3.22. The molecule has 4 rings (SSSR count). The molecule has 0 spiro atoms. The van der Waals surface area contributed by atoms with Crippen LogP contribution in [0.5, 0.6) is 0 Å². The number of hydrogen-bond acceptors (Lipinski definition) is 5. The highest BCUT2D eigenvalue weighted by molar-refractivity contribution is 5.40. The van der Waals surface area contributed by atoms with E-state index in [1.165, 1.54) is 7.05 Å². The monoisotopic (exact) mass is 330 g/mol. The molecule has 8 nitrogen and oxygen atoms in total. The average molecular weight is 330 g/mol. The van der Waals surface area contributed by atoms with E-state index in [1.807, 2.05) is 12.4 Å². The molecule has 2 aromatic heterocycles. The van der Waals surface area contributed by atoms with E-state index < -0.39 is 0 Å². The average Bonchev–Trinajstić information content (AvgIpc) is 3.27. The predicted octanol–water partition coefficient (Wildman–Crippen LogP) is -0.406. The molecule has 0 amide bonds. The van der Waals surface area contributed by atoms with Crippen LogP contribution in [0.3, 0.4) is 0 Å². The van der Waals surface area contributed by atoms with Gasteiger partial charge in [0, 0.05) is 58.2 Å². The van der Waals surface area contributed by atoms with Gasteiger partial charge >= 0.3 is 5.69 Å². The van der Waals surface area contributed by atoms with Crippen LogP contribution in [-0.2, 0) is 20.6 Å². The molecule has 1 unspecified atom stereocenters. The van der Waals surface area contributed by atoms with E-state index in [9.17, 15) is 9.59 Å². The number of hydrogen-bond donors (Lipinski definition) is 1. The van der Waals surface area contributed by atoms with Crippen molar-refractivity contribution in [2.24, 2.45) is 14.1 Å². The first-order valence-electron chi connectivity index (χ1n) is 8.33. The third-order valence-corrected chi connectivity index (χ3v) is 5.17. The number of nitrogens with zero attached hydrogens (tertiary/aromatic N) is 5. The number of fused-ring (bicyclic) bond motifs is 1. The van der Waals surface area contributed by atoms with Crippen molar-refractivity contribution in [1.82, 2.24) is 24.0 Å². The Labute approximate surface area is 139 Å². The minimum absolute atomic E-state index is 0.262. The molecule has 0 aromatic carbocycles. The van der Waals surface area contributed by atoms with E-state index in [1.54, 1.807) is 17.7 Å². The second-order valence-corrected chi connectivity index (χ2v) is 6.66. The second-order valence-electron chi connectivity index (χ2n) is 6.66. The molecule has 0 bridgehead atoms. The van der Waals surface area contributed by atoms with Gasteiger partial charge in [-0.2, -0.15) is 0 Å². The SMILES string of the molecule is Cn1c(N2CC[C@H](NC3CCn4ccnc43)C2)cc(=O)n(C)c1=O. The van der Waals surface area contributed by atoms with Gasteiger partial charge in [-0.05, 0) is 12.8 Å². The summed E-state index contributed by atoms with van der Waals surface area (Å²) >= 11 is 0. The molecule has 1 fully saturated rings. The molecule has 0 radical (unpaired) electrons. The van der Waals surface area contributed by atoms with Crippen molar-refractivity contribution >= 4 is 5.82 Å². The summed E-state index contributed by atoms with van der Waals surface area (Å²) in [4.78, 5) is 30.6. The lowest BCUT2D eigenvalue weighted by Gasteiger charge is -2.22. The molecule has 2 aliphatic heterocycles. The molecular formula is C16H22N6O2. The van der Waals surface area contributed by atoms with Crippen molar-refractivity contribution in [2.45, 2.75) is 31.5 Å². The highest BCUT2D eigenvalue weighted by Crippen LogP contribution is 2.26. The fourth-order valence-corrected chi connectivity index (χ4v) is 3.79. The first kappa shape index (κ1) is 15.2. The predicted molar refractivity (Wildman–Crippen MR) is 90.3 cm³/mol. The van der Waals surface area contributed by atoms with Gasteiger partial charge in [0.2, 0.25) is 0 Å². The van der Waals surface area contributed by atoms with Gasteiger partial charge < -0.3 is 14.8 Å². The lowest BCUT2D eigenvalue weighted by molar-refractivity contribution is 0.448. The Bertz CT molecular complexity index is 879. The zero-order valence-corrected chi connectivity index (χ0v) is 14.0. The van der Waals surface area contributed by atoms with Crippen molar-refractivity contribution in [1.29, 1.82) is 0 Å². The van der Waals surface area contributed by atoms with Crippen LogP contribution in [0.2, 0.25) is 0 Å². The minimum atomic E-state index is -0.285. The Kier molecular flexibility index (Phi) is 3.56. The molecule has 128 valence electrons. The summed E-state index contributed by atoms with van der Waals surface area (Å²) in [6.45, 7) is 2.63. The maximum absolute atomic E-state index is 12.1. The van der Waals surface area contributed by atoms with Gasteiger partial charge in [-0.3, -0.25) is 13.9 Å². The largest absolute Gasteiger partial charge is 0.356 e. The Hall–Kier alpha value is -2.35. The number of rotatable bonds is 3.